The zero-order valence-corrected chi connectivity index (χ0v) is 15.0. The van der Waals surface area contributed by atoms with Crippen LogP contribution in [0, 0.1) is 3.57 Å². The fourth-order valence-corrected chi connectivity index (χ4v) is 2.97. The van der Waals surface area contributed by atoms with Crippen LogP contribution in [0.4, 0.5) is 0 Å². The van der Waals surface area contributed by atoms with Crippen molar-refractivity contribution >= 4 is 34.2 Å². The molecule has 2 aromatic rings. The monoisotopic (exact) mass is 419 g/mol. The number of nitrogens with zero attached hydrogens (tertiary/aromatic N) is 3. The Morgan fingerprint density at radius 3 is 2.86 bits per heavy atom. The molecule has 0 saturated carbocycles. The van der Waals surface area contributed by atoms with Crippen LogP contribution in [0.2, 0.25) is 5.02 Å². The lowest BCUT2D eigenvalue weighted by atomic mass is 10.0. The van der Waals surface area contributed by atoms with Crippen molar-refractivity contribution < 1.29 is 0 Å². The number of benzene rings is 1. The molecular formula is C14H19ClIN5. The number of likely N-dealkylation sites (N-methyl/N-ethyl adjacent to an activating group) is 1. The van der Waals surface area contributed by atoms with Crippen LogP contribution in [0.3, 0.4) is 0 Å². The van der Waals surface area contributed by atoms with E-state index in [2.05, 4.69) is 44.1 Å². The summed E-state index contributed by atoms with van der Waals surface area (Å²) in [4.78, 5) is 2.11. The molecule has 5 nitrogen and oxygen atoms in total. The van der Waals surface area contributed by atoms with Gasteiger partial charge in [-0.05, 0) is 54.4 Å². The number of hydrogen-bond donors (Lipinski definition) is 2. The minimum absolute atomic E-state index is 0.183. The maximum Gasteiger partial charge on any atom is 0.0893 e. The topological polar surface area (TPSA) is 59.1 Å². The molecule has 0 aliphatic heterocycles. The summed E-state index contributed by atoms with van der Waals surface area (Å²) in [5.74, 6) is 5.78. The van der Waals surface area contributed by atoms with Gasteiger partial charge in [-0.3, -0.25) is 10.5 Å². The predicted octanol–water partition coefficient (Wildman–Crippen LogP) is 2.26. The third kappa shape index (κ3) is 4.17. The van der Waals surface area contributed by atoms with E-state index in [1.807, 2.05) is 37.0 Å². The molecule has 0 amide bonds. The maximum atomic E-state index is 6.33. The second-order valence-corrected chi connectivity index (χ2v) is 6.71. The van der Waals surface area contributed by atoms with Crippen molar-refractivity contribution in [2.24, 2.45) is 5.84 Å². The van der Waals surface area contributed by atoms with Gasteiger partial charge in [-0.1, -0.05) is 23.7 Å². The Kier molecular flexibility index (Phi) is 6.00. The average Bonchev–Trinajstić information content (AvgIpc) is 2.79. The second kappa shape index (κ2) is 7.55. The van der Waals surface area contributed by atoms with E-state index >= 15 is 0 Å². The van der Waals surface area contributed by atoms with Crippen LogP contribution in [0.25, 0.3) is 0 Å². The Balaban J connectivity index is 2.35. The first kappa shape index (κ1) is 16.7. The van der Waals surface area contributed by atoms with Crippen molar-refractivity contribution in [3.8, 4) is 0 Å². The van der Waals surface area contributed by atoms with Gasteiger partial charge in [0, 0.05) is 10.1 Å². The van der Waals surface area contributed by atoms with Crippen molar-refractivity contribution in [3.05, 3.63) is 50.3 Å². The van der Waals surface area contributed by atoms with E-state index in [1.54, 1.807) is 6.20 Å². The van der Waals surface area contributed by atoms with Gasteiger partial charge in [-0.15, -0.1) is 0 Å². The summed E-state index contributed by atoms with van der Waals surface area (Å²) in [5.41, 5.74) is 4.81. The average molecular weight is 420 g/mol. The molecule has 21 heavy (non-hydrogen) atoms. The van der Waals surface area contributed by atoms with Gasteiger partial charge in [-0.25, -0.2) is 5.43 Å². The van der Waals surface area contributed by atoms with Crippen LogP contribution in [0.5, 0.6) is 0 Å². The molecule has 0 aliphatic carbocycles. The van der Waals surface area contributed by atoms with Crippen LogP contribution < -0.4 is 11.3 Å². The summed E-state index contributed by atoms with van der Waals surface area (Å²) < 4.78 is 3.06. The molecule has 114 valence electrons. The number of hydrazine groups is 1. The number of aromatic nitrogens is 2. The lowest BCUT2D eigenvalue weighted by molar-refractivity contribution is 0.365. The smallest absolute Gasteiger partial charge is 0.0893 e. The molecule has 1 unspecified atom stereocenters. The van der Waals surface area contributed by atoms with Crippen LogP contribution in [-0.2, 0) is 6.54 Å². The quantitative estimate of drug-likeness (QED) is 0.428. The molecule has 2 rings (SSSR count). The van der Waals surface area contributed by atoms with Crippen molar-refractivity contribution in [2.75, 3.05) is 20.6 Å². The zero-order chi connectivity index (χ0) is 15.4. The van der Waals surface area contributed by atoms with Crippen LogP contribution in [0.15, 0.2) is 30.5 Å². The predicted molar refractivity (Wildman–Crippen MR) is 94.1 cm³/mol. The standard InChI is InChI=1S/C14H19ClIN5/c1-20(2)6-7-21-14(12(15)9-18-21)13(19-17)10-4-3-5-11(16)8-10/h3-5,8-9,13,19H,6-7,17H2,1-2H3. The van der Waals surface area contributed by atoms with E-state index in [9.17, 15) is 0 Å². The second-order valence-electron chi connectivity index (χ2n) is 5.06. The third-order valence-electron chi connectivity index (χ3n) is 3.21. The Morgan fingerprint density at radius 1 is 1.48 bits per heavy atom. The molecule has 1 atom stereocenters. The highest BCUT2D eigenvalue weighted by Crippen LogP contribution is 2.28. The van der Waals surface area contributed by atoms with E-state index in [1.165, 1.54) is 0 Å². The Labute approximate surface area is 143 Å². The number of rotatable bonds is 6. The maximum absolute atomic E-state index is 6.33. The molecule has 1 aromatic carbocycles. The summed E-state index contributed by atoms with van der Waals surface area (Å²) in [7, 11) is 4.06. The Morgan fingerprint density at radius 2 is 2.24 bits per heavy atom. The molecule has 0 bridgehead atoms. The van der Waals surface area contributed by atoms with Gasteiger partial charge in [-0.2, -0.15) is 5.10 Å². The van der Waals surface area contributed by atoms with Gasteiger partial charge in [0.2, 0.25) is 0 Å². The van der Waals surface area contributed by atoms with Crippen LogP contribution in [-0.4, -0.2) is 35.3 Å². The summed E-state index contributed by atoms with van der Waals surface area (Å²) in [6, 6.07) is 7.99. The summed E-state index contributed by atoms with van der Waals surface area (Å²) in [6.45, 7) is 1.64. The Bertz CT molecular complexity index is 599. The molecule has 0 spiro atoms. The largest absolute Gasteiger partial charge is 0.308 e. The highest BCUT2D eigenvalue weighted by molar-refractivity contribution is 14.1. The minimum Gasteiger partial charge on any atom is -0.308 e. The molecule has 3 N–H and O–H groups in total. The summed E-state index contributed by atoms with van der Waals surface area (Å²) in [5, 5.41) is 4.99. The number of nitrogens with one attached hydrogen (secondary N) is 1. The van der Waals surface area contributed by atoms with Gasteiger partial charge in [0.15, 0.2) is 0 Å². The summed E-state index contributed by atoms with van der Waals surface area (Å²) in [6.07, 6.45) is 1.67. The lowest BCUT2D eigenvalue weighted by Gasteiger charge is -2.20. The first-order valence-electron chi connectivity index (χ1n) is 6.60. The minimum atomic E-state index is -0.183. The van der Waals surface area contributed by atoms with E-state index in [0.29, 0.717) is 5.02 Å². The fourth-order valence-electron chi connectivity index (χ4n) is 2.15. The van der Waals surface area contributed by atoms with Crippen LogP contribution in [0.1, 0.15) is 17.3 Å². The van der Waals surface area contributed by atoms with E-state index < -0.39 is 0 Å². The molecular weight excluding hydrogens is 401 g/mol. The third-order valence-corrected chi connectivity index (χ3v) is 4.18. The van der Waals surface area contributed by atoms with Gasteiger partial charge in [0.1, 0.15) is 0 Å². The van der Waals surface area contributed by atoms with Crippen molar-refractivity contribution in [2.45, 2.75) is 12.6 Å². The fraction of sp³-hybridized carbons (Fsp3) is 0.357. The van der Waals surface area contributed by atoms with Gasteiger partial charge in [0.05, 0.1) is 29.5 Å². The molecule has 0 aliphatic rings. The lowest BCUT2D eigenvalue weighted by Crippen LogP contribution is -2.32. The van der Waals surface area contributed by atoms with Crippen molar-refractivity contribution in [3.63, 3.8) is 0 Å². The zero-order valence-electron chi connectivity index (χ0n) is 12.1. The van der Waals surface area contributed by atoms with Crippen molar-refractivity contribution in [1.82, 2.24) is 20.1 Å². The van der Waals surface area contributed by atoms with Crippen LogP contribution >= 0.6 is 34.2 Å². The van der Waals surface area contributed by atoms with Gasteiger partial charge in [0.25, 0.3) is 0 Å². The normalized spacial score (nSPS) is 12.9. The van der Waals surface area contributed by atoms with E-state index in [0.717, 1.165) is 27.9 Å². The first-order chi connectivity index (χ1) is 10.0. The highest BCUT2D eigenvalue weighted by Gasteiger charge is 2.21. The molecule has 0 radical (unpaired) electrons. The molecule has 1 heterocycles. The molecule has 7 heteroatoms. The molecule has 1 aromatic heterocycles. The Hall–Kier alpha value is -0.670. The van der Waals surface area contributed by atoms with Crippen molar-refractivity contribution in [1.29, 1.82) is 0 Å². The van der Waals surface area contributed by atoms with Gasteiger partial charge >= 0.3 is 0 Å². The number of halogens is 2. The highest BCUT2D eigenvalue weighted by atomic mass is 127. The van der Waals surface area contributed by atoms with E-state index in [-0.39, 0.29) is 6.04 Å². The number of nitrogens with two attached hydrogens (primary N) is 1. The first-order valence-corrected chi connectivity index (χ1v) is 8.06. The SMILES string of the molecule is CN(C)CCn1ncc(Cl)c1C(NN)c1cccc(I)c1. The number of hydrogen-bond acceptors (Lipinski definition) is 4. The molecule has 0 saturated heterocycles. The van der Waals surface area contributed by atoms with Gasteiger partial charge < -0.3 is 4.90 Å². The van der Waals surface area contributed by atoms with E-state index in [4.69, 9.17) is 17.4 Å². The summed E-state index contributed by atoms with van der Waals surface area (Å²) >= 11 is 8.61. The molecule has 0 fully saturated rings.